The van der Waals surface area contributed by atoms with Gasteiger partial charge in [-0.3, -0.25) is 4.68 Å². The zero-order valence-electron chi connectivity index (χ0n) is 15.1. The minimum absolute atomic E-state index is 0.169. The van der Waals surface area contributed by atoms with Crippen LogP contribution in [0.25, 0.3) is 0 Å². The number of carbonyl (C=O) groups excluding carboxylic acids is 1. The highest BCUT2D eigenvalue weighted by molar-refractivity contribution is 6.30. The minimum atomic E-state index is -0.439. The van der Waals surface area contributed by atoms with Crippen LogP contribution >= 0.6 is 11.6 Å². The average Bonchev–Trinajstić information content (AvgIpc) is 3.02. The Balaban J connectivity index is 1.91. The summed E-state index contributed by atoms with van der Waals surface area (Å²) in [7, 11) is 0. The van der Waals surface area contributed by atoms with E-state index in [-0.39, 0.29) is 5.41 Å². The van der Waals surface area contributed by atoms with Crippen molar-refractivity contribution in [1.82, 2.24) is 9.78 Å². The Labute approximate surface area is 158 Å². The number of carbonyl (C=O) groups is 1. The molecule has 0 amide bonds. The van der Waals surface area contributed by atoms with Crippen LogP contribution in [0, 0.1) is 0 Å². The van der Waals surface area contributed by atoms with Gasteiger partial charge >= 0.3 is 5.97 Å². The Morgan fingerprint density at radius 1 is 1.08 bits per heavy atom. The number of aromatic nitrogens is 2. The number of hydrogen-bond acceptors (Lipinski definition) is 3. The van der Waals surface area contributed by atoms with E-state index < -0.39 is 5.97 Å². The van der Waals surface area contributed by atoms with E-state index in [4.69, 9.17) is 16.3 Å². The fourth-order valence-corrected chi connectivity index (χ4v) is 2.61. The van der Waals surface area contributed by atoms with Crippen LogP contribution in [0.4, 0.5) is 0 Å². The molecule has 0 unspecified atom stereocenters. The van der Waals surface area contributed by atoms with Crippen molar-refractivity contribution in [1.29, 1.82) is 0 Å². The van der Waals surface area contributed by atoms with Crippen LogP contribution in [0.3, 0.4) is 0 Å². The van der Waals surface area contributed by atoms with Gasteiger partial charge in [-0.1, -0.05) is 62.7 Å². The van der Waals surface area contributed by atoms with Gasteiger partial charge in [0.25, 0.3) is 0 Å². The average molecular weight is 369 g/mol. The third-order valence-electron chi connectivity index (χ3n) is 3.96. The van der Waals surface area contributed by atoms with Crippen LogP contribution in [0.15, 0.2) is 60.7 Å². The van der Waals surface area contributed by atoms with Gasteiger partial charge in [0.2, 0.25) is 0 Å². The van der Waals surface area contributed by atoms with Gasteiger partial charge in [-0.05, 0) is 35.9 Å². The van der Waals surface area contributed by atoms with Crippen molar-refractivity contribution < 1.29 is 9.53 Å². The molecule has 3 aromatic rings. The van der Waals surface area contributed by atoms with E-state index in [1.54, 1.807) is 35.0 Å². The molecule has 0 bridgehead atoms. The Kier molecular flexibility index (Phi) is 5.14. The van der Waals surface area contributed by atoms with Crippen molar-refractivity contribution in [2.24, 2.45) is 0 Å². The topological polar surface area (TPSA) is 44.1 Å². The van der Waals surface area contributed by atoms with E-state index in [0.717, 1.165) is 11.3 Å². The molecule has 0 aliphatic heterocycles. The third-order valence-corrected chi connectivity index (χ3v) is 4.21. The Bertz CT molecular complexity index is 894. The Morgan fingerprint density at radius 3 is 2.35 bits per heavy atom. The maximum atomic E-state index is 12.7. The van der Waals surface area contributed by atoms with Gasteiger partial charge in [-0.15, -0.1) is 0 Å². The molecule has 0 radical (unpaired) electrons. The largest absolute Gasteiger partial charge is 0.422 e. The van der Waals surface area contributed by atoms with Gasteiger partial charge < -0.3 is 4.74 Å². The monoisotopic (exact) mass is 368 g/mol. The van der Waals surface area contributed by atoms with Gasteiger partial charge in [0.15, 0.2) is 0 Å². The molecule has 1 heterocycles. The molecule has 1 aromatic heterocycles. The van der Waals surface area contributed by atoms with E-state index in [1.807, 2.05) is 30.3 Å². The number of ether oxygens (including phenoxy) is 1. The first kappa shape index (κ1) is 18.2. The van der Waals surface area contributed by atoms with Crippen LogP contribution in [-0.4, -0.2) is 15.7 Å². The quantitative estimate of drug-likeness (QED) is 0.475. The Morgan fingerprint density at radius 2 is 1.73 bits per heavy atom. The third kappa shape index (κ3) is 4.33. The van der Waals surface area contributed by atoms with Crippen molar-refractivity contribution in [2.75, 3.05) is 0 Å². The summed E-state index contributed by atoms with van der Waals surface area (Å²) in [6.45, 7) is 6.70. The molecular weight excluding hydrogens is 348 g/mol. The highest BCUT2D eigenvalue weighted by atomic mass is 35.5. The summed E-state index contributed by atoms with van der Waals surface area (Å²) >= 11 is 5.88. The first-order valence-corrected chi connectivity index (χ1v) is 8.81. The van der Waals surface area contributed by atoms with E-state index in [1.165, 1.54) is 0 Å². The lowest BCUT2D eigenvalue weighted by Gasteiger charge is -2.14. The minimum Gasteiger partial charge on any atom is -0.422 e. The zero-order chi connectivity index (χ0) is 18.7. The molecule has 4 nitrogen and oxygen atoms in total. The lowest BCUT2D eigenvalue weighted by atomic mass is 9.92. The fourth-order valence-electron chi connectivity index (χ4n) is 2.49. The second kappa shape index (κ2) is 7.34. The van der Waals surface area contributed by atoms with Crippen molar-refractivity contribution >= 4 is 17.6 Å². The lowest BCUT2D eigenvalue weighted by Crippen LogP contribution is -2.16. The molecule has 0 N–H and O–H groups in total. The second-order valence-electron chi connectivity index (χ2n) is 7.15. The highest BCUT2D eigenvalue weighted by Crippen LogP contribution is 2.24. The summed E-state index contributed by atoms with van der Waals surface area (Å²) in [6.07, 6.45) is 0. The predicted molar refractivity (Wildman–Crippen MR) is 103 cm³/mol. The normalized spacial score (nSPS) is 11.4. The van der Waals surface area contributed by atoms with E-state index in [9.17, 15) is 4.79 Å². The molecule has 2 aromatic carbocycles. The second-order valence-corrected chi connectivity index (χ2v) is 7.59. The van der Waals surface area contributed by atoms with E-state index in [2.05, 4.69) is 25.9 Å². The SMILES string of the molecule is CC(C)(C)c1cc(C(=O)Oc2ccc(Cl)cc2)n(Cc2ccccc2)n1. The van der Waals surface area contributed by atoms with Gasteiger partial charge in [-0.2, -0.15) is 5.10 Å². The van der Waals surface area contributed by atoms with Crippen molar-refractivity contribution in [2.45, 2.75) is 32.7 Å². The van der Waals surface area contributed by atoms with Gasteiger partial charge in [-0.25, -0.2) is 4.79 Å². The molecule has 0 saturated carbocycles. The molecule has 0 saturated heterocycles. The van der Waals surface area contributed by atoms with Crippen LogP contribution < -0.4 is 4.74 Å². The molecule has 134 valence electrons. The summed E-state index contributed by atoms with van der Waals surface area (Å²) < 4.78 is 7.20. The van der Waals surface area contributed by atoms with Gasteiger partial charge in [0.05, 0.1) is 12.2 Å². The molecule has 0 fully saturated rings. The number of rotatable bonds is 4. The highest BCUT2D eigenvalue weighted by Gasteiger charge is 2.24. The molecule has 5 heteroatoms. The number of hydrogen-bond donors (Lipinski definition) is 0. The first-order chi connectivity index (χ1) is 12.3. The molecular formula is C21H21ClN2O2. The first-order valence-electron chi connectivity index (χ1n) is 8.43. The number of halogens is 1. The lowest BCUT2D eigenvalue weighted by molar-refractivity contribution is 0.0722. The van der Waals surface area contributed by atoms with Crippen LogP contribution in [0.1, 0.15) is 42.5 Å². The van der Waals surface area contributed by atoms with Gasteiger partial charge in [0.1, 0.15) is 11.4 Å². The maximum Gasteiger partial charge on any atom is 0.362 e. The summed E-state index contributed by atoms with van der Waals surface area (Å²) in [6, 6.07) is 18.4. The van der Waals surface area contributed by atoms with Crippen molar-refractivity contribution in [3.63, 3.8) is 0 Å². The maximum absolute atomic E-state index is 12.7. The Hall–Kier alpha value is -2.59. The predicted octanol–water partition coefficient (Wildman–Crippen LogP) is 5.10. The summed E-state index contributed by atoms with van der Waals surface area (Å²) in [5.41, 5.74) is 2.17. The number of benzene rings is 2. The molecule has 0 atom stereocenters. The fraction of sp³-hybridized carbons (Fsp3) is 0.238. The van der Waals surface area contributed by atoms with Crippen molar-refractivity contribution in [3.05, 3.63) is 82.6 Å². The number of esters is 1. The van der Waals surface area contributed by atoms with E-state index >= 15 is 0 Å². The smallest absolute Gasteiger partial charge is 0.362 e. The molecule has 3 rings (SSSR count). The zero-order valence-corrected chi connectivity index (χ0v) is 15.8. The van der Waals surface area contributed by atoms with Crippen molar-refractivity contribution in [3.8, 4) is 5.75 Å². The van der Waals surface area contributed by atoms with Crippen LogP contribution in [0.5, 0.6) is 5.75 Å². The number of nitrogens with zero attached hydrogens (tertiary/aromatic N) is 2. The molecule has 0 spiro atoms. The van der Waals surface area contributed by atoms with Crippen LogP contribution in [-0.2, 0) is 12.0 Å². The van der Waals surface area contributed by atoms with E-state index in [0.29, 0.717) is 23.0 Å². The summed E-state index contributed by atoms with van der Waals surface area (Å²) in [4.78, 5) is 12.7. The molecule has 0 aliphatic carbocycles. The molecule has 0 aliphatic rings. The molecule has 26 heavy (non-hydrogen) atoms. The standard InChI is InChI=1S/C21H21ClN2O2/c1-21(2,3)19-13-18(20(25)26-17-11-9-16(22)10-12-17)24(23-19)14-15-7-5-4-6-8-15/h4-13H,14H2,1-3H3. The van der Waals surface area contributed by atoms with Crippen LogP contribution in [0.2, 0.25) is 5.02 Å². The summed E-state index contributed by atoms with van der Waals surface area (Å²) in [5.74, 6) is 0.00965. The van der Waals surface area contributed by atoms with Gasteiger partial charge in [0, 0.05) is 10.4 Å². The summed E-state index contributed by atoms with van der Waals surface area (Å²) in [5, 5.41) is 5.24.